The van der Waals surface area contributed by atoms with Crippen LogP contribution in [-0.2, 0) is 4.79 Å². The first-order valence-electron chi connectivity index (χ1n) is 9.24. The lowest BCUT2D eigenvalue weighted by molar-refractivity contribution is -0.115. The van der Waals surface area contributed by atoms with Crippen LogP contribution in [0.1, 0.15) is 18.1 Å². The van der Waals surface area contributed by atoms with Crippen molar-refractivity contribution in [1.29, 1.82) is 0 Å². The number of amides is 1. The standard InChI is InChI=1S/C20H21N5O3S/c1-12-4-5-13(2)16(10-12)25-20(22-23-24-25)29-14(3)19(26)21-15-6-7-17-18(11-15)28-9-8-27-17/h4-7,10-11,14H,8-9H2,1-3H3,(H,21,26). The van der Waals surface area contributed by atoms with Crippen molar-refractivity contribution >= 4 is 23.4 Å². The van der Waals surface area contributed by atoms with Gasteiger partial charge in [0.1, 0.15) is 13.2 Å². The Kier molecular flexibility index (Phi) is 5.39. The van der Waals surface area contributed by atoms with Crippen LogP contribution >= 0.6 is 11.8 Å². The molecule has 0 aliphatic carbocycles. The molecule has 1 aromatic heterocycles. The van der Waals surface area contributed by atoms with E-state index in [4.69, 9.17) is 9.47 Å². The first-order chi connectivity index (χ1) is 14.0. The maximum atomic E-state index is 12.7. The summed E-state index contributed by atoms with van der Waals surface area (Å²) in [5, 5.41) is 15.1. The number of ether oxygens (including phenoxy) is 2. The Bertz CT molecular complexity index is 1050. The molecule has 8 nitrogen and oxygen atoms in total. The first kappa shape index (κ1) is 19.3. The number of hydrogen-bond acceptors (Lipinski definition) is 7. The summed E-state index contributed by atoms with van der Waals surface area (Å²) in [6.07, 6.45) is 0. The molecule has 0 saturated heterocycles. The molecule has 2 aromatic carbocycles. The van der Waals surface area contributed by atoms with Crippen LogP contribution in [0.2, 0.25) is 0 Å². The second-order valence-corrected chi connectivity index (χ2v) is 8.08. The third kappa shape index (κ3) is 4.19. The predicted octanol–water partition coefficient (Wildman–Crippen LogP) is 3.17. The summed E-state index contributed by atoms with van der Waals surface area (Å²) in [6, 6.07) is 11.4. The van der Waals surface area contributed by atoms with Crippen molar-refractivity contribution in [2.45, 2.75) is 31.2 Å². The number of benzene rings is 2. The Morgan fingerprint density at radius 1 is 1.14 bits per heavy atom. The molecule has 150 valence electrons. The summed E-state index contributed by atoms with van der Waals surface area (Å²) in [7, 11) is 0. The molecule has 4 rings (SSSR count). The molecule has 0 radical (unpaired) electrons. The minimum Gasteiger partial charge on any atom is -0.486 e. The van der Waals surface area contributed by atoms with E-state index in [0.717, 1.165) is 16.8 Å². The van der Waals surface area contributed by atoms with Gasteiger partial charge >= 0.3 is 0 Å². The number of carbonyl (C=O) groups excluding carboxylic acids is 1. The summed E-state index contributed by atoms with van der Waals surface area (Å²) in [5.74, 6) is 1.17. The highest BCUT2D eigenvalue weighted by atomic mass is 32.2. The maximum Gasteiger partial charge on any atom is 0.237 e. The van der Waals surface area contributed by atoms with E-state index < -0.39 is 5.25 Å². The number of fused-ring (bicyclic) bond motifs is 1. The van der Waals surface area contributed by atoms with Gasteiger partial charge in [0.25, 0.3) is 0 Å². The van der Waals surface area contributed by atoms with E-state index in [0.29, 0.717) is 35.6 Å². The molecule has 1 aliphatic rings. The van der Waals surface area contributed by atoms with E-state index in [9.17, 15) is 4.79 Å². The monoisotopic (exact) mass is 411 g/mol. The van der Waals surface area contributed by atoms with Gasteiger partial charge < -0.3 is 14.8 Å². The van der Waals surface area contributed by atoms with E-state index >= 15 is 0 Å². The molecule has 2 heterocycles. The molecule has 1 amide bonds. The van der Waals surface area contributed by atoms with Gasteiger partial charge in [0, 0.05) is 11.8 Å². The van der Waals surface area contributed by atoms with Crippen LogP contribution in [-0.4, -0.2) is 44.6 Å². The molecule has 1 atom stereocenters. The zero-order chi connectivity index (χ0) is 20.4. The number of aromatic nitrogens is 4. The number of rotatable bonds is 5. The lowest BCUT2D eigenvalue weighted by Crippen LogP contribution is -2.23. The van der Waals surface area contributed by atoms with Gasteiger partial charge in [-0.2, -0.15) is 4.68 Å². The smallest absolute Gasteiger partial charge is 0.237 e. The third-order valence-electron chi connectivity index (χ3n) is 4.49. The van der Waals surface area contributed by atoms with Crippen LogP contribution in [0.5, 0.6) is 11.5 Å². The highest BCUT2D eigenvalue weighted by Gasteiger charge is 2.21. The average Bonchev–Trinajstić information content (AvgIpc) is 3.17. The van der Waals surface area contributed by atoms with Gasteiger partial charge in [0.2, 0.25) is 11.1 Å². The van der Waals surface area contributed by atoms with E-state index in [-0.39, 0.29) is 5.91 Å². The molecule has 0 spiro atoms. The summed E-state index contributed by atoms with van der Waals surface area (Å²) in [6.45, 7) is 6.87. The number of hydrogen-bond donors (Lipinski definition) is 1. The molecular formula is C20H21N5O3S. The second-order valence-electron chi connectivity index (χ2n) is 6.77. The highest BCUT2D eigenvalue weighted by molar-refractivity contribution is 8.00. The number of nitrogens with one attached hydrogen (secondary N) is 1. The summed E-state index contributed by atoms with van der Waals surface area (Å²) in [4.78, 5) is 12.7. The van der Waals surface area contributed by atoms with Crippen molar-refractivity contribution in [1.82, 2.24) is 20.2 Å². The van der Waals surface area contributed by atoms with Crippen LogP contribution in [0.4, 0.5) is 5.69 Å². The van der Waals surface area contributed by atoms with Crippen LogP contribution in [0.25, 0.3) is 5.69 Å². The van der Waals surface area contributed by atoms with Crippen LogP contribution < -0.4 is 14.8 Å². The molecule has 9 heteroatoms. The Hall–Kier alpha value is -3.07. The number of anilines is 1. The van der Waals surface area contributed by atoms with Crippen molar-refractivity contribution < 1.29 is 14.3 Å². The van der Waals surface area contributed by atoms with Crippen molar-refractivity contribution in [3.05, 3.63) is 47.5 Å². The number of thioether (sulfide) groups is 1. The van der Waals surface area contributed by atoms with E-state index in [2.05, 4.69) is 20.8 Å². The molecule has 0 fully saturated rings. The lowest BCUT2D eigenvalue weighted by Gasteiger charge is -2.19. The minimum absolute atomic E-state index is 0.151. The fourth-order valence-electron chi connectivity index (χ4n) is 2.93. The molecule has 1 aliphatic heterocycles. The molecular weight excluding hydrogens is 390 g/mol. The van der Waals surface area contributed by atoms with Crippen LogP contribution in [0.15, 0.2) is 41.6 Å². The molecule has 0 saturated carbocycles. The van der Waals surface area contributed by atoms with Crippen LogP contribution in [0.3, 0.4) is 0 Å². The normalized spacial score (nSPS) is 13.8. The topological polar surface area (TPSA) is 91.2 Å². The predicted molar refractivity (Wildman–Crippen MR) is 110 cm³/mol. The van der Waals surface area contributed by atoms with Gasteiger partial charge in [-0.1, -0.05) is 23.9 Å². The van der Waals surface area contributed by atoms with Crippen molar-refractivity contribution in [3.63, 3.8) is 0 Å². The lowest BCUT2D eigenvalue weighted by atomic mass is 10.1. The average molecular weight is 411 g/mol. The molecule has 0 bridgehead atoms. The zero-order valence-corrected chi connectivity index (χ0v) is 17.2. The fourth-order valence-corrected chi connectivity index (χ4v) is 3.73. The minimum atomic E-state index is -0.405. The third-order valence-corrected chi connectivity index (χ3v) is 5.53. The van der Waals surface area contributed by atoms with E-state index in [1.54, 1.807) is 22.9 Å². The number of nitrogens with zero attached hydrogens (tertiary/aromatic N) is 4. The van der Waals surface area contributed by atoms with Gasteiger partial charge in [0.05, 0.1) is 10.9 Å². The van der Waals surface area contributed by atoms with Crippen molar-refractivity contribution in [2.75, 3.05) is 18.5 Å². The van der Waals surface area contributed by atoms with Gasteiger partial charge in [0.15, 0.2) is 11.5 Å². The number of carbonyl (C=O) groups is 1. The fraction of sp³-hybridized carbons (Fsp3) is 0.300. The van der Waals surface area contributed by atoms with Gasteiger partial charge in [-0.3, -0.25) is 4.79 Å². The number of tetrazole rings is 1. The van der Waals surface area contributed by atoms with Crippen molar-refractivity contribution in [3.8, 4) is 17.2 Å². The quantitative estimate of drug-likeness (QED) is 0.645. The first-order valence-corrected chi connectivity index (χ1v) is 10.1. The second kappa shape index (κ2) is 8.12. The Morgan fingerprint density at radius 2 is 1.93 bits per heavy atom. The maximum absolute atomic E-state index is 12.7. The number of aryl methyl sites for hydroxylation is 2. The molecule has 3 aromatic rings. The highest BCUT2D eigenvalue weighted by Crippen LogP contribution is 2.33. The van der Waals surface area contributed by atoms with E-state index in [1.165, 1.54) is 11.8 Å². The summed E-state index contributed by atoms with van der Waals surface area (Å²) in [5.41, 5.74) is 3.72. The van der Waals surface area contributed by atoms with Gasteiger partial charge in [-0.15, -0.1) is 5.10 Å². The van der Waals surface area contributed by atoms with Crippen molar-refractivity contribution in [2.24, 2.45) is 0 Å². The van der Waals surface area contributed by atoms with Gasteiger partial charge in [-0.05, 0) is 60.5 Å². The molecule has 1 N–H and O–H groups in total. The Morgan fingerprint density at radius 3 is 2.76 bits per heavy atom. The van der Waals surface area contributed by atoms with E-state index in [1.807, 2.05) is 39.0 Å². The summed E-state index contributed by atoms with van der Waals surface area (Å²) < 4.78 is 12.7. The SMILES string of the molecule is Cc1ccc(C)c(-n2nnnc2SC(C)C(=O)Nc2ccc3c(c2)OCCO3)c1. The summed E-state index contributed by atoms with van der Waals surface area (Å²) >= 11 is 1.30. The Balaban J connectivity index is 1.47. The van der Waals surface area contributed by atoms with Gasteiger partial charge in [-0.25, -0.2) is 0 Å². The van der Waals surface area contributed by atoms with Crippen LogP contribution in [0, 0.1) is 13.8 Å². The molecule has 1 unspecified atom stereocenters. The zero-order valence-electron chi connectivity index (χ0n) is 16.4. The molecule has 29 heavy (non-hydrogen) atoms. The Labute approximate surface area is 172 Å². The largest absolute Gasteiger partial charge is 0.486 e.